The van der Waals surface area contributed by atoms with Gasteiger partial charge < -0.3 is 0 Å². The first-order valence-electron chi connectivity index (χ1n) is 20.0. The molecule has 2 aromatic heterocycles. The lowest BCUT2D eigenvalue weighted by molar-refractivity contribution is 1.07. The summed E-state index contributed by atoms with van der Waals surface area (Å²) < 4.78 is 0. The maximum Gasteiger partial charge on any atom is 0.164 e. The van der Waals surface area contributed by atoms with E-state index in [1.54, 1.807) is 24.3 Å². The molecule has 8 nitrogen and oxygen atoms in total. The summed E-state index contributed by atoms with van der Waals surface area (Å²) in [6.45, 7) is 0. The predicted molar refractivity (Wildman–Crippen MR) is 244 cm³/mol. The van der Waals surface area contributed by atoms with Crippen LogP contribution in [-0.4, -0.2) is 29.9 Å². The fourth-order valence-corrected chi connectivity index (χ4v) is 7.63. The van der Waals surface area contributed by atoms with Gasteiger partial charge in [0, 0.05) is 33.4 Å². The van der Waals surface area contributed by atoms with E-state index in [4.69, 9.17) is 29.9 Å². The highest BCUT2D eigenvalue weighted by molar-refractivity contribution is 6.07. The Morgan fingerprint density at radius 3 is 0.968 bits per heavy atom. The third kappa shape index (κ3) is 7.44. The lowest BCUT2D eigenvalue weighted by atomic mass is 9.90. The van der Waals surface area contributed by atoms with Crippen molar-refractivity contribution in [2.75, 3.05) is 0 Å². The number of nitriles is 2. The molecule has 2 heterocycles. The maximum absolute atomic E-state index is 9.64. The molecule has 0 unspecified atom stereocenters. The zero-order chi connectivity index (χ0) is 41.8. The van der Waals surface area contributed by atoms with Crippen molar-refractivity contribution in [3.63, 3.8) is 0 Å². The molecule has 288 valence electrons. The van der Waals surface area contributed by atoms with Gasteiger partial charge in [0.05, 0.1) is 23.3 Å². The fourth-order valence-electron chi connectivity index (χ4n) is 7.63. The van der Waals surface area contributed by atoms with Crippen molar-refractivity contribution in [3.8, 4) is 103 Å². The van der Waals surface area contributed by atoms with Crippen LogP contribution in [0.5, 0.6) is 0 Å². The van der Waals surface area contributed by atoms with Gasteiger partial charge in [-0.05, 0) is 69.4 Å². The number of rotatable bonds is 8. The van der Waals surface area contributed by atoms with E-state index >= 15 is 0 Å². The average molecular weight is 793 g/mol. The molecule has 0 spiro atoms. The van der Waals surface area contributed by atoms with Gasteiger partial charge in [-0.15, -0.1) is 0 Å². The van der Waals surface area contributed by atoms with Gasteiger partial charge in [-0.1, -0.05) is 158 Å². The highest BCUT2D eigenvalue weighted by Crippen LogP contribution is 2.39. The molecule has 0 fully saturated rings. The van der Waals surface area contributed by atoms with E-state index in [9.17, 15) is 10.5 Å². The normalized spacial score (nSPS) is 10.9. The summed E-state index contributed by atoms with van der Waals surface area (Å²) >= 11 is 0. The van der Waals surface area contributed by atoms with Gasteiger partial charge in [-0.2, -0.15) is 10.5 Å². The molecule has 0 atom stereocenters. The smallest absolute Gasteiger partial charge is 0.164 e. The van der Waals surface area contributed by atoms with E-state index in [-0.39, 0.29) is 0 Å². The molecule has 8 heteroatoms. The van der Waals surface area contributed by atoms with Gasteiger partial charge in [0.25, 0.3) is 0 Å². The third-order valence-electron chi connectivity index (χ3n) is 10.6. The second kappa shape index (κ2) is 16.3. The molecule has 10 rings (SSSR count). The minimum Gasteiger partial charge on any atom is -0.208 e. The zero-order valence-electron chi connectivity index (χ0n) is 33.1. The van der Waals surface area contributed by atoms with Crippen molar-refractivity contribution in [3.05, 3.63) is 205 Å². The van der Waals surface area contributed by atoms with Gasteiger partial charge in [-0.25, -0.2) is 29.9 Å². The Hall–Kier alpha value is -8.98. The van der Waals surface area contributed by atoms with Crippen LogP contribution in [0.3, 0.4) is 0 Å². The van der Waals surface area contributed by atoms with Gasteiger partial charge in [0.1, 0.15) is 0 Å². The van der Waals surface area contributed by atoms with Gasteiger partial charge in [-0.3, -0.25) is 0 Å². The van der Waals surface area contributed by atoms with Crippen molar-refractivity contribution < 1.29 is 0 Å². The molecule has 62 heavy (non-hydrogen) atoms. The molecule has 0 radical (unpaired) electrons. The Morgan fingerprint density at radius 2 is 0.581 bits per heavy atom. The molecule has 0 saturated heterocycles. The highest BCUT2D eigenvalue weighted by Gasteiger charge is 2.17. The summed E-state index contributed by atoms with van der Waals surface area (Å²) in [5.74, 6) is 3.11. The van der Waals surface area contributed by atoms with E-state index in [2.05, 4.69) is 72.8 Å². The van der Waals surface area contributed by atoms with Crippen molar-refractivity contribution in [1.29, 1.82) is 10.5 Å². The molecule has 8 aromatic carbocycles. The van der Waals surface area contributed by atoms with E-state index in [1.807, 2.05) is 109 Å². The second-order valence-electron chi connectivity index (χ2n) is 14.6. The van der Waals surface area contributed by atoms with Crippen molar-refractivity contribution >= 4 is 10.8 Å². The Balaban J connectivity index is 1.09. The summed E-state index contributed by atoms with van der Waals surface area (Å²) in [5.41, 5.74) is 10.0. The minimum absolute atomic E-state index is 0.487. The Bertz CT molecular complexity index is 3170. The van der Waals surface area contributed by atoms with E-state index in [0.717, 1.165) is 66.4 Å². The molecule has 0 aliphatic rings. The first-order valence-corrected chi connectivity index (χ1v) is 20.0. The zero-order valence-corrected chi connectivity index (χ0v) is 33.1. The summed E-state index contributed by atoms with van der Waals surface area (Å²) in [5, 5.41) is 21.5. The van der Waals surface area contributed by atoms with Crippen molar-refractivity contribution in [2.45, 2.75) is 0 Å². The van der Waals surface area contributed by atoms with Crippen LogP contribution in [0.4, 0.5) is 0 Å². The summed E-state index contributed by atoms with van der Waals surface area (Å²) in [4.78, 5) is 29.6. The van der Waals surface area contributed by atoms with Crippen molar-refractivity contribution in [1.82, 2.24) is 29.9 Å². The van der Waals surface area contributed by atoms with Crippen LogP contribution >= 0.6 is 0 Å². The summed E-state index contributed by atoms with van der Waals surface area (Å²) in [6, 6.07) is 68.1. The second-order valence-corrected chi connectivity index (χ2v) is 14.6. The predicted octanol–water partition coefficient (Wildman–Crippen LogP) is 12.3. The van der Waals surface area contributed by atoms with E-state index in [1.165, 1.54) is 0 Å². The van der Waals surface area contributed by atoms with Crippen LogP contribution in [0, 0.1) is 22.7 Å². The number of aromatic nitrogens is 6. The summed E-state index contributed by atoms with van der Waals surface area (Å²) in [7, 11) is 0. The quantitative estimate of drug-likeness (QED) is 0.149. The molecule has 0 amide bonds. The van der Waals surface area contributed by atoms with Gasteiger partial charge >= 0.3 is 0 Å². The number of nitrogens with zero attached hydrogens (tertiary/aromatic N) is 8. The van der Waals surface area contributed by atoms with Crippen LogP contribution < -0.4 is 0 Å². The van der Waals surface area contributed by atoms with Crippen LogP contribution in [0.15, 0.2) is 194 Å². The first kappa shape index (κ1) is 37.3. The number of hydrogen-bond acceptors (Lipinski definition) is 8. The van der Waals surface area contributed by atoms with Gasteiger partial charge in [0.15, 0.2) is 34.9 Å². The largest absolute Gasteiger partial charge is 0.208 e. The molecule has 0 saturated carbocycles. The topological polar surface area (TPSA) is 125 Å². The molecule has 0 aliphatic carbocycles. The van der Waals surface area contributed by atoms with Crippen LogP contribution in [0.1, 0.15) is 11.1 Å². The standard InChI is InChI=1S/C54H32N8/c55-33-35-13-7-23-42(29-35)51-57-49(38-15-3-1-4-16-38)59-53(61-51)44-25-9-21-40(31-44)46-27-11-19-37-20-12-28-47(48(37)46)41-22-10-26-45(32-41)54-60-50(39-17-5-2-6-18-39)58-52(62-54)43-24-8-14-36(30-43)34-56/h1-32H. The Labute approximate surface area is 357 Å². The molecule has 10 aromatic rings. The van der Waals surface area contributed by atoms with Crippen LogP contribution in [0.2, 0.25) is 0 Å². The molecule has 0 bridgehead atoms. The summed E-state index contributed by atoms with van der Waals surface area (Å²) in [6.07, 6.45) is 0. The number of hydrogen-bond donors (Lipinski definition) is 0. The van der Waals surface area contributed by atoms with E-state index < -0.39 is 0 Å². The van der Waals surface area contributed by atoms with E-state index in [0.29, 0.717) is 46.1 Å². The van der Waals surface area contributed by atoms with Crippen LogP contribution in [-0.2, 0) is 0 Å². The highest BCUT2D eigenvalue weighted by atomic mass is 15.0. The first-order chi connectivity index (χ1) is 30.6. The average Bonchev–Trinajstić information content (AvgIpc) is 3.36. The lowest BCUT2D eigenvalue weighted by Gasteiger charge is -2.15. The number of benzene rings is 8. The minimum atomic E-state index is 0.487. The van der Waals surface area contributed by atoms with Crippen molar-refractivity contribution in [2.24, 2.45) is 0 Å². The third-order valence-corrected chi connectivity index (χ3v) is 10.6. The van der Waals surface area contributed by atoms with Crippen LogP contribution in [0.25, 0.3) is 101 Å². The van der Waals surface area contributed by atoms with Gasteiger partial charge in [0.2, 0.25) is 0 Å². The molecule has 0 aliphatic heterocycles. The lowest BCUT2D eigenvalue weighted by Crippen LogP contribution is -2.00. The maximum atomic E-state index is 9.64. The Kier molecular flexibility index (Phi) is 9.83. The molecular weight excluding hydrogens is 761 g/mol. The molecular formula is C54H32N8. The SMILES string of the molecule is N#Cc1cccc(-c2nc(-c3ccccc3)nc(-c3cccc(-c4cccc5cccc(-c6cccc(-c7nc(-c8ccccc8)nc(-c8cccc(C#N)c8)n7)c6)c45)c3)n2)c1. The monoisotopic (exact) mass is 792 g/mol. The molecule has 0 N–H and O–H groups in total. The Morgan fingerprint density at radius 1 is 0.274 bits per heavy atom. The fraction of sp³-hybridized carbons (Fsp3) is 0. The number of fused-ring (bicyclic) bond motifs is 1.